The highest BCUT2D eigenvalue weighted by atomic mass is 16.5. The average Bonchev–Trinajstić information content (AvgIpc) is 2.41. The predicted octanol–water partition coefficient (Wildman–Crippen LogP) is 1.23. The van der Waals surface area contributed by atoms with Crippen molar-refractivity contribution in [1.82, 2.24) is 4.90 Å². The van der Waals surface area contributed by atoms with E-state index in [1.807, 2.05) is 6.92 Å². The van der Waals surface area contributed by atoms with Gasteiger partial charge in [-0.3, -0.25) is 9.69 Å². The Kier molecular flexibility index (Phi) is 6.27. The number of carboxylic acids is 1. The largest absolute Gasteiger partial charge is 0.504 e. The van der Waals surface area contributed by atoms with Crippen LogP contribution >= 0.6 is 0 Å². The molecule has 0 radical (unpaired) electrons. The number of phenols is 1. The molecule has 0 fully saturated rings. The summed E-state index contributed by atoms with van der Waals surface area (Å²) in [6.07, 6.45) is 0. The van der Waals surface area contributed by atoms with Crippen LogP contribution in [0.15, 0.2) is 18.2 Å². The van der Waals surface area contributed by atoms with Crippen molar-refractivity contribution in [3.05, 3.63) is 23.8 Å². The highest BCUT2D eigenvalue weighted by molar-refractivity contribution is 5.76. The first-order valence-corrected chi connectivity index (χ1v) is 6.58. The lowest BCUT2D eigenvalue weighted by Gasteiger charge is -2.27. The minimum Gasteiger partial charge on any atom is -0.504 e. The smallest absolute Gasteiger partial charge is 0.325 e. The third-order valence-electron chi connectivity index (χ3n) is 2.99. The van der Waals surface area contributed by atoms with Gasteiger partial charge in [-0.2, -0.15) is 0 Å². The van der Waals surface area contributed by atoms with Gasteiger partial charge in [-0.05, 0) is 31.2 Å². The van der Waals surface area contributed by atoms with Crippen molar-refractivity contribution in [2.45, 2.75) is 19.9 Å². The molecule has 0 heterocycles. The molecule has 20 heavy (non-hydrogen) atoms. The van der Waals surface area contributed by atoms with Crippen LogP contribution in [0.5, 0.6) is 11.5 Å². The number of hydrogen-bond donors (Lipinski definition) is 3. The van der Waals surface area contributed by atoms with E-state index in [1.165, 1.54) is 12.1 Å². The van der Waals surface area contributed by atoms with E-state index < -0.39 is 12.0 Å². The van der Waals surface area contributed by atoms with E-state index in [0.29, 0.717) is 18.7 Å². The van der Waals surface area contributed by atoms with E-state index in [2.05, 4.69) is 0 Å². The molecular formula is C14H21NO5. The average molecular weight is 283 g/mol. The zero-order valence-electron chi connectivity index (χ0n) is 11.7. The minimum atomic E-state index is -1.01. The number of likely N-dealkylation sites (N-methyl/N-ethyl adjacent to an activating group) is 1. The van der Waals surface area contributed by atoms with Gasteiger partial charge < -0.3 is 20.1 Å². The van der Waals surface area contributed by atoms with Crippen LogP contribution in [0.1, 0.15) is 25.5 Å². The number of aliphatic hydroxyl groups is 1. The summed E-state index contributed by atoms with van der Waals surface area (Å²) in [5, 5.41) is 28.1. The molecule has 0 saturated carbocycles. The van der Waals surface area contributed by atoms with Gasteiger partial charge in [0.1, 0.15) is 6.04 Å². The molecule has 0 bridgehead atoms. The van der Waals surface area contributed by atoms with Gasteiger partial charge in [0.2, 0.25) is 0 Å². The second kappa shape index (κ2) is 7.72. The standard InChI is InChI=1S/C14H21NO5/c1-3-15(7-8-16)13(14(18)19)10-5-6-11(17)12(9-10)20-4-2/h5-6,9,13,16-17H,3-4,7-8H2,1-2H3,(H,18,19). The lowest BCUT2D eigenvalue weighted by atomic mass is 10.0. The molecule has 3 N–H and O–H groups in total. The van der Waals surface area contributed by atoms with E-state index in [9.17, 15) is 15.0 Å². The number of ether oxygens (including phenoxy) is 1. The Labute approximate surface area is 118 Å². The monoisotopic (exact) mass is 283 g/mol. The number of nitrogens with zero attached hydrogens (tertiary/aromatic N) is 1. The zero-order valence-corrected chi connectivity index (χ0v) is 11.7. The van der Waals surface area contributed by atoms with Crippen LogP contribution in [0.25, 0.3) is 0 Å². The van der Waals surface area contributed by atoms with Crippen molar-refractivity contribution in [1.29, 1.82) is 0 Å². The van der Waals surface area contributed by atoms with Gasteiger partial charge >= 0.3 is 5.97 Å². The molecule has 1 aromatic carbocycles. The second-order valence-electron chi connectivity index (χ2n) is 4.25. The minimum absolute atomic E-state index is 0.0232. The fourth-order valence-corrected chi connectivity index (χ4v) is 2.08. The van der Waals surface area contributed by atoms with Crippen LogP contribution in [0, 0.1) is 0 Å². The molecular weight excluding hydrogens is 262 g/mol. The summed E-state index contributed by atoms with van der Waals surface area (Å²) in [4.78, 5) is 13.1. The molecule has 0 aliphatic rings. The summed E-state index contributed by atoms with van der Waals surface area (Å²) in [7, 11) is 0. The van der Waals surface area contributed by atoms with Gasteiger partial charge in [-0.1, -0.05) is 13.0 Å². The molecule has 0 spiro atoms. The molecule has 6 nitrogen and oxygen atoms in total. The van der Waals surface area contributed by atoms with Crippen molar-refractivity contribution in [3.63, 3.8) is 0 Å². The molecule has 0 saturated heterocycles. The summed E-state index contributed by atoms with van der Waals surface area (Å²) in [5.41, 5.74) is 0.508. The van der Waals surface area contributed by atoms with Crippen LogP contribution in [-0.4, -0.2) is 52.5 Å². The van der Waals surface area contributed by atoms with Crippen molar-refractivity contribution < 1.29 is 24.9 Å². The summed E-state index contributed by atoms with van der Waals surface area (Å²) < 4.78 is 5.27. The second-order valence-corrected chi connectivity index (χ2v) is 4.25. The molecule has 1 aromatic rings. The van der Waals surface area contributed by atoms with Crippen molar-refractivity contribution in [2.75, 3.05) is 26.3 Å². The van der Waals surface area contributed by atoms with Gasteiger partial charge in [0.15, 0.2) is 11.5 Å². The zero-order chi connectivity index (χ0) is 15.1. The Morgan fingerprint density at radius 2 is 2.10 bits per heavy atom. The highest BCUT2D eigenvalue weighted by Crippen LogP contribution is 2.31. The number of phenolic OH excluding ortho intramolecular Hbond substituents is 1. The van der Waals surface area contributed by atoms with Crippen LogP contribution < -0.4 is 4.74 Å². The summed E-state index contributed by atoms with van der Waals surface area (Å²) >= 11 is 0. The third-order valence-corrected chi connectivity index (χ3v) is 2.99. The number of carboxylic acid groups (broad SMARTS) is 1. The van der Waals surface area contributed by atoms with Crippen LogP contribution in [0.4, 0.5) is 0 Å². The van der Waals surface area contributed by atoms with Gasteiger partial charge in [-0.25, -0.2) is 0 Å². The predicted molar refractivity (Wildman–Crippen MR) is 74.0 cm³/mol. The maximum absolute atomic E-state index is 11.5. The number of aromatic hydroxyl groups is 1. The fraction of sp³-hybridized carbons (Fsp3) is 0.500. The lowest BCUT2D eigenvalue weighted by molar-refractivity contribution is -0.143. The maximum Gasteiger partial charge on any atom is 0.325 e. The van der Waals surface area contributed by atoms with Crippen molar-refractivity contribution >= 4 is 5.97 Å². The highest BCUT2D eigenvalue weighted by Gasteiger charge is 2.26. The van der Waals surface area contributed by atoms with E-state index in [-0.39, 0.29) is 24.7 Å². The van der Waals surface area contributed by atoms with E-state index >= 15 is 0 Å². The first kappa shape index (κ1) is 16.3. The number of carbonyl (C=O) groups is 1. The SMILES string of the molecule is CCOc1cc(C(C(=O)O)N(CC)CCO)ccc1O. The molecule has 6 heteroatoms. The van der Waals surface area contributed by atoms with Crippen LogP contribution in [-0.2, 0) is 4.79 Å². The Morgan fingerprint density at radius 3 is 2.60 bits per heavy atom. The summed E-state index contributed by atoms with van der Waals surface area (Å²) in [6.45, 7) is 4.62. The van der Waals surface area contributed by atoms with Gasteiger partial charge in [-0.15, -0.1) is 0 Å². The topological polar surface area (TPSA) is 90.2 Å². The molecule has 0 aliphatic heterocycles. The van der Waals surface area contributed by atoms with Crippen LogP contribution in [0.2, 0.25) is 0 Å². The fourth-order valence-electron chi connectivity index (χ4n) is 2.08. The van der Waals surface area contributed by atoms with Gasteiger partial charge in [0.05, 0.1) is 13.2 Å². The Balaban J connectivity index is 3.14. The number of hydrogen-bond acceptors (Lipinski definition) is 5. The Morgan fingerprint density at radius 1 is 1.40 bits per heavy atom. The molecule has 0 aliphatic carbocycles. The lowest BCUT2D eigenvalue weighted by Crippen LogP contribution is -2.36. The number of rotatable bonds is 8. The first-order chi connectivity index (χ1) is 9.54. The number of aliphatic hydroxyl groups excluding tert-OH is 1. The molecule has 112 valence electrons. The number of benzene rings is 1. The normalized spacial score (nSPS) is 12.4. The Bertz CT molecular complexity index is 449. The van der Waals surface area contributed by atoms with Gasteiger partial charge in [0, 0.05) is 6.54 Å². The van der Waals surface area contributed by atoms with E-state index in [4.69, 9.17) is 9.84 Å². The van der Waals surface area contributed by atoms with Crippen molar-refractivity contribution in [3.8, 4) is 11.5 Å². The third kappa shape index (κ3) is 3.85. The Hall–Kier alpha value is -1.79. The quantitative estimate of drug-likeness (QED) is 0.665. The molecule has 0 amide bonds. The van der Waals surface area contributed by atoms with Gasteiger partial charge in [0.25, 0.3) is 0 Å². The van der Waals surface area contributed by atoms with E-state index in [1.54, 1.807) is 17.9 Å². The maximum atomic E-state index is 11.5. The first-order valence-electron chi connectivity index (χ1n) is 6.58. The molecule has 1 unspecified atom stereocenters. The van der Waals surface area contributed by atoms with Crippen LogP contribution in [0.3, 0.4) is 0 Å². The molecule has 1 rings (SSSR count). The molecule has 1 atom stereocenters. The summed E-state index contributed by atoms with van der Waals surface area (Å²) in [6, 6.07) is 3.61. The number of aliphatic carboxylic acids is 1. The van der Waals surface area contributed by atoms with E-state index in [0.717, 1.165) is 0 Å². The van der Waals surface area contributed by atoms with Crippen molar-refractivity contribution in [2.24, 2.45) is 0 Å². The molecule has 0 aromatic heterocycles. The summed E-state index contributed by atoms with van der Waals surface area (Å²) in [5.74, 6) is -0.769.